The Morgan fingerprint density at radius 3 is 2.59 bits per heavy atom. The van der Waals surface area contributed by atoms with Crippen molar-refractivity contribution in [2.75, 3.05) is 12.8 Å². The molecule has 1 saturated carbocycles. The van der Waals surface area contributed by atoms with Crippen molar-refractivity contribution in [3.8, 4) is 0 Å². The lowest BCUT2D eigenvalue weighted by atomic mass is 9.84. The predicted molar refractivity (Wildman–Crippen MR) is 71.8 cm³/mol. The third kappa shape index (κ3) is 3.16. The van der Waals surface area contributed by atoms with E-state index >= 15 is 0 Å². The van der Waals surface area contributed by atoms with E-state index in [2.05, 4.69) is 28.5 Å². The Hall–Kier alpha value is -0.680. The molecule has 1 aromatic heterocycles. The van der Waals surface area contributed by atoms with E-state index in [4.69, 9.17) is 5.73 Å². The van der Waals surface area contributed by atoms with E-state index in [1.165, 1.54) is 43.6 Å². The van der Waals surface area contributed by atoms with Gasteiger partial charge in [-0.1, -0.05) is 17.8 Å². The first-order valence-corrected chi connectivity index (χ1v) is 7.25. The summed E-state index contributed by atoms with van der Waals surface area (Å²) in [5, 5.41) is 4.85. The second-order valence-electron chi connectivity index (χ2n) is 5.08. The van der Waals surface area contributed by atoms with Crippen molar-refractivity contribution < 1.29 is 0 Å². The van der Waals surface area contributed by atoms with Gasteiger partial charge in [0, 0.05) is 24.1 Å². The molecule has 0 unspecified atom stereocenters. The number of aromatic nitrogens is 2. The van der Waals surface area contributed by atoms with Gasteiger partial charge in [0.2, 0.25) is 0 Å². The van der Waals surface area contributed by atoms with Crippen LogP contribution in [0.2, 0.25) is 0 Å². The fourth-order valence-electron chi connectivity index (χ4n) is 2.68. The summed E-state index contributed by atoms with van der Waals surface area (Å²) in [6.07, 6.45) is 6.70. The normalized spacial score (nSPS) is 25.4. The average Bonchev–Trinajstić information content (AvgIpc) is 2.75. The topological polar surface area (TPSA) is 55.0 Å². The Bertz CT molecular complexity index is 344. The quantitative estimate of drug-likeness (QED) is 0.897. The SMILES string of the molecule is CCC1CCC(N(C)Cc2nnsc2N)CC1. The van der Waals surface area contributed by atoms with Crippen LogP contribution in [0.4, 0.5) is 5.00 Å². The van der Waals surface area contributed by atoms with Gasteiger partial charge in [0.1, 0.15) is 10.7 Å². The summed E-state index contributed by atoms with van der Waals surface area (Å²) in [6.45, 7) is 3.14. The van der Waals surface area contributed by atoms with E-state index in [0.717, 1.165) is 23.2 Å². The Kier molecular flexibility index (Phi) is 4.34. The lowest BCUT2D eigenvalue weighted by Crippen LogP contribution is -2.34. The third-order valence-corrected chi connectivity index (χ3v) is 4.60. The molecule has 0 spiro atoms. The predicted octanol–water partition coefficient (Wildman–Crippen LogP) is 2.52. The van der Waals surface area contributed by atoms with Crippen LogP contribution in [0.15, 0.2) is 0 Å². The molecule has 0 radical (unpaired) electrons. The summed E-state index contributed by atoms with van der Waals surface area (Å²) in [5.74, 6) is 0.950. The van der Waals surface area contributed by atoms with Crippen molar-refractivity contribution in [1.29, 1.82) is 0 Å². The van der Waals surface area contributed by atoms with Crippen LogP contribution >= 0.6 is 11.5 Å². The molecular formula is C12H22N4S. The monoisotopic (exact) mass is 254 g/mol. The summed E-state index contributed by atoms with van der Waals surface area (Å²) in [6, 6.07) is 0.693. The fourth-order valence-corrected chi connectivity index (χ4v) is 3.12. The van der Waals surface area contributed by atoms with E-state index in [1.807, 2.05) is 0 Å². The van der Waals surface area contributed by atoms with Gasteiger partial charge < -0.3 is 5.73 Å². The van der Waals surface area contributed by atoms with Crippen molar-refractivity contribution in [1.82, 2.24) is 14.5 Å². The van der Waals surface area contributed by atoms with Crippen LogP contribution in [0.1, 0.15) is 44.7 Å². The maximum atomic E-state index is 5.83. The van der Waals surface area contributed by atoms with Gasteiger partial charge in [-0.05, 0) is 38.6 Å². The second kappa shape index (κ2) is 5.78. The van der Waals surface area contributed by atoms with Crippen LogP contribution in [0.25, 0.3) is 0 Å². The maximum Gasteiger partial charge on any atom is 0.132 e. The first-order chi connectivity index (χ1) is 8.20. The number of rotatable bonds is 4. The zero-order chi connectivity index (χ0) is 12.3. The summed E-state index contributed by atoms with van der Waals surface area (Å²) < 4.78 is 3.89. The number of anilines is 1. The highest BCUT2D eigenvalue weighted by Crippen LogP contribution is 2.29. The summed E-state index contributed by atoms with van der Waals surface area (Å²) in [4.78, 5) is 2.39. The number of hydrogen-bond acceptors (Lipinski definition) is 5. The number of nitrogen functional groups attached to an aromatic ring is 1. The highest BCUT2D eigenvalue weighted by atomic mass is 32.1. The minimum atomic E-state index is 0.693. The van der Waals surface area contributed by atoms with E-state index in [0.29, 0.717) is 6.04 Å². The Labute approximate surface area is 107 Å². The van der Waals surface area contributed by atoms with Crippen molar-refractivity contribution in [3.63, 3.8) is 0 Å². The molecule has 0 amide bonds. The Balaban J connectivity index is 1.85. The van der Waals surface area contributed by atoms with Gasteiger partial charge in [-0.25, -0.2) is 0 Å². The molecule has 4 nitrogen and oxygen atoms in total. The molecule has 0 saturated heterocycles. The number of hydrogen-bond donors (Lipinski definition) is 1. The molecule has 1 aliphatic rings. The van der Waals surface area contributed by atoms with Crippen molar-refractivity contribution in [2.24, 2.45) is 5.92 Å². The van der Waals surface area contributed by atoms with Gasteiger partial charge in [0.15, 0.2) is 0 Å². The fraction of sp³-hybridized carbons (Fsp3) is 0.833. The second-order valence-corrected chi connectivity index (χ2v) is 5.87. The zero-order valence-corrected chi connectivity index (χ0v) is 11.5. The largest absolute Gasteiger partial charge is 0.388 e. The van der Waals surface area contributed by atoms with Crippen molar-refractivity contribution in [2.45, 2.75) is 51.6 Å². The first kappa shape index (κ1) is 12.8. The molecular weight excluding hydrogens is 232 g/mol. The standard InChI is InChI=1S/C12H22N4S/c1-3-9-4-6-10(7-5-9)16(2)8-11-12(13)17-15-14-11/h9-10H,3-8,13H2,1-2H3. The van der Waals surface area contributed by atoms with Crippen LogP contribution < -0.4 is 5.73 Å². The van der Waals surface area contributed by atoms with Crippen LogP contribution in [-0.4, -0.2) is 27.6 Å². The molecule has 96 valence electrons. The van der Waals surface area contributed by atoms with E-state index in [1.54, 1.807) is 0 Å². The van der Waals surface area contributed by atoms with Gasteiger partial charge in [-0.2, -0.15) is 0 Å². The molecule has 1 heterocycles. The van der Waals surface area contributed by atoms with Gasteiger partial charge in [-0.3, -0.25) is 4.90 Å². The molecule has 1 aliphatic carbocycles. The molecule has 1 aromatic rings. The third-order valence-electron chi connectivity index (χ3n) is 4.00. The van der Waals surface area contributed by atoms with Gasteiger partial charge in [0.25, 0.3) is 0 Å². The molecule has 1 fully saturated rings. The zero-order valence-electron chi connectivity index (χ0n) is 10.7. The molecule has 0 bridgehead atoms. The molecule has 2 N–H and O–H groups in total. The number of nitrogens with zero attached hydrogens (tertiary/aromatic N) is 3. The van der Waals surface area contributed by atoms with E-state index < -0.39 is 0 Å². The smallest absolute Gasteiger partial charge is 0.132 e. The van der Waals surface area contributed by atoms with E-state index in [9.17, 15) is 0 Å². The van der Waals surface area contributed by atoms with Gasteiger partial charge in [-0.15, -0.1) is 5.10 Å². The Morgan fingerprint density at radius 2 is 2.06 bits per heavy atom. The maximum absolute atomic E-state index is 5.83. The molecule has 0 aliphatic heterocycles. The van der Waals surface area contributed by atoms with Crippen molar-refractivity contribution in [3.05, 3.63) is 5.69 Å². The minimum Gasteiger partial charge on any atom is -0.388 e. The van der Waals surface area contributed by atoms with Crippen molar-refractivity contribution >= 4 is 16.5 Å². The van der Waals surface area contributed by atoms with Gasteiger partial charge >= 0.3 is 0 Å². The lowest BCUT2D eigenvalue weighted by Gasteiger charge is -2.34. The minimum absolute atomic E-state index is 0.693. The van der Waals surface area contributed by atoms with Crippen LogP contribution in [-0.2, 0) is 6.54 Å². The highest BCUT2D eigenvalue weighted by molar-refractivity contribution is 7.09. The first-order valence-electron chi connectivity index (χ1n) is 6.47. The number of nitrogens with two attached hydrogens (primary N) is 1. The molecule has 2 rings (SSSR count). The molecule has 17 heavy (non-hydrogen) atoms. The molecule has 0 atom stereocenters. The van der Waals surface area contributed by atoms with Crippen LogP contribution in [0.3, 0.4) is 0 Å². The Morgan fingerprint density at radius 1 is 1.35 bits per heavy atom. The molecule has 0 aromatic carbocycles. The lowest BCUT2D eigenvalue weighted by molar-refractivity contribution is 0.156. The van der Waals surface area contributed by atoms with Crippen LogP contribution in [0, 0.1) is 5.92 Å². The van der Waals surface area contributed by atoms with Crippen LogP contribution in [0.5, 0.6) is 0 Å². The summed E-state index contributed by atoms with van der Waals surface area (Å²) in [7, 11) is 2.18. The van der Waals surface area contributed by atoms with E-state index in [-0.39, 0.29) is 0 Å². The molecule has 5 heteroatoms. The highest BCUT2D eigenvalue weighted by Gasteiger charge is 2.23. The summed E-state index contributed by atoms with van der Waals surface area (Å²) >= 11 is 1.29. The summed E-state index contributed by atoms with van der Waals surface area (Å²) in [5.41, 5.74) is 6.77. The average molecular weight is 254 g/mol. The van der Waals surface area contributed by atoms with Gasteiger partial charge in [0.05, 0.1) is 0 Å².